The van der Waals surface area contributed by atoms with Gasteiger partial charge < -0.3 is 14.5 Å². The number of nitrogens with one attached hydrogen (secondary N) is 1. The average molecular weight is 438 g/mol. The molecule has 4 aromatic rings. The van der Waals surface area contributed by atoms with E-state index in [0.29, 0.717) is 28.6 Å². The van der Waals surface area contributed by atoms with Crippen molar-refractivity contribution >= 4 is 34.3 Å². The van der Waals surface area contributed by atoms with E-state index in [4.69, 9.17) is 20.8 Å². The Labute approximate surface area is 183 Å². The Hall–Kier alpha value is -3.58. The monoisotopic (exact) mass is 437 g/mol. The Balaban J connectivity index is 1.65. The molecular formula is C23H20ClN3O4. The van der Waals surface area contributed by atoms with Gasteiger partial charge in [-0.2, -0.15) is 5.10 Å². The summed E-state index contributed by atoms with van der Waals surface area (Å²) >= 11 is 5.98. The molecule has 7 nitrogen and oxygen atoms in total. The molecular weight excluding hydrogens is 418 g/mol. The SMILES string of the molecule is CCOc1ccc2c(C(=O)Nc3ccnn3C(C)c3ccc(Cl)cc3)cc(=O)oc2c1. The molecule has 1 N–H and O–H groups in total. The molecule has 0 aliphatic carbocycles. The summed E-state index contributed by atoms with van der Waals surface area (Å²) in [5.41, 5.74) is 0.861. The number of halogens is 1. The smallest absolute Gasteiger partial charge is 0.337 e. The summed E-state index contributed by atoms with van der Waals surface area (Å²) in [6, 6.07) is 15.2. The van der Waals surface area contributed by atoms with Gasteiger partial charge in [-0.1, -0.05) is 23.7 Å². The third-order valence-electron chi connectivity index (χ3n) is 4.90. The first kappa shape index (κ1) is 20.7. The van der Waals surface area contributed by atoms with Gasteiger partial charge in [0.15, 0.2) is 0 Å². The number of carbonyl (C=O) groups is 1. The third kappa shape index (κ3) is 4.32. The van der Waals surface area contributed by atoms with Crippen LogP contribution in [0.4, 0.5) is 5.82 Å². The van der Waals surface area contributed by atoms with Crippen molar-refractivity contribution < 1.29 is 13.9 Å². The first-order valence-corrected chi connectivity index (χ1v) is 10.1. The van der Waals surface area contributed by atoms with E-state index in [-0.39, 0.29) is 17.2 Å². The highest BCUT2D eigenvalue weighted by Crippen LogP contribution is 2.26. The fourth-order valence-corrected chi connectivity index (χ4v) is 3.50. The minimum atomic E-state index is -0.616. The number of anilines is 1. The maximum absolute atomic E-state index is 13.1. The van der Waals surface area contributed by atoms with Gasteiger partial charge in [-0.25, -0.2) is 9.48 Å². The molecule has 0 radical (unpaired) electrons. The highest BCUT2D eigenvalue weighted by Gasteiger charge is 2.18. The number of aromatic nitrogens is 2. The molecule has 1 unspecified atom stereocenters. The van der Waals surface area contributed by atoms with E-state index in [1.54, 1.807) is 47.3 Å². The lowest BCUT2D eigenvalue weighted by Crippen LogP contribution is -2.19. The van der Waals surface area contributed by atoms with Crippen LogP contribution in [0.25, 0.3) is 11.0 Å². The number of rotatable bonds is 6. The third-order valence-corrected chi connectivity index (χ3v) is 5.15. The molecule has 2 heterocycles. The van der Waals surface area contributed by atoms with Gasteiger partial charge in [-0.05, 0) is 43.7 Å². The molecule has 0 aliphatic heterocycles. The van der Waals surface area contributed by atoms with Crippen LogP contribution in [0.1, 0.15) is 35.8 Å². The minimum absolute atomic E-state index is 0.145. The summed E-state index contributed by atoms with van der Waals surface area (Å²) in [4.78, 5) is 25.1. The molecule has 158 valence electrons. The molecule has 8 heteroatoms. The molecule has 1 amide bonds. The Morgan fingerprint density at radius 2 is 1.97 bits per heavy atom. The zero-order valence-corrected chi connectivity index (χ0v) is 17.7. The van der Waals surface area contributed by atoms with Crippen molar-refractivity contribution in [2.45, 2.75) is 19.9 Å². The normalized spacial score (nSPS) is 12.0. The summed E-state index contributed by atoms with van der Waals surface area (Å²) in [5, 5.41) is 8.35. The lowest BCUT2D eigenvalue weighted by atomic mass is 10.1. The van der Waals surface area contributed by atoms with E-state index < -0.39 is 11.5 Å². The van der Waals surface area contributed by atoms with Crippen LogP contribution in [-0.4, -0.2) is 22.3 Å². The van der Waals surface area contributed by atoms with E-state index in [2.05, 4.69) is 10.4 Å². The number of ether oxygens (including phenoxy) is 1. The Kier molecular flexibility index (Phi) is 5.77. The summed E-state index contributed by atoms with van der Waals surface area (Å²) in [5.74, 6) is 0.623. The molecule has 4 rings (SSSR count). The quantitative estimate of drug-likeness (QED) is 0.433. The number of hydrogen-bond donors (Lipinski definition) is 1. The van der Waals surface area contributed by atoms with Crippen LogP contribution in [-0.2, 0) is 0 Å². The zero-order chi connectivity index (χ0) is 22.0. The Morgan fingerprint density at radius 1 is 1.19 bits per heavy atom. The molecule has 1 atom stereocenters. The van der Waals surface area contributed by atoms with Crippen molar-refractivity contribution in [2.75, 3.05) is 11.9 Å². The highest BCUT2D eigenvalue weighted by atomic mass is 35.5. The number of benzene rings is 2. The van der Waals surface area contributed by atoms with Gasteiger partial charge in [-0.15, -0.1) is 0 Å². The summed E-state index contributed by atoms with van der Waals surface area (Å²) in [6.45, 7) is 4.30. The Bertz CT molecular complexity index is 1290. The van der Waals surface area contributed by atoms with Crippen molar-refractivity contribution in [3.63, 3.8) is 0 Å². The van der Waals surface area contributed by atoms with Crippen LogP contribution in [0.15, 0.2) is 70.0 Å². The van der Waals surface area contributed by atoms with Crippen LogP contribution in [0.5, 0.6) is 5.75 Å². The molecule has 0 bridgehead atoms. The maximum Gasteiger partial charge on any atom is 0.337 e. The predicted octanol–water partition coefficient (Wildman–Crippen LogP) is 4.90. The molecule has 0 fully saturated rings. The van der Waals surface area contributed by atoms with E-state index in [9.17, 15) is 9.59 Å². The number of amides is 1. The summed E-state index contributed by atoms with van der Waals surface area (Å²) in [7, 11) is 0. The second-order valence-corrected chi connectivity index (χ2v) is 7.35. The molecule has 2 aromatic carbocycles. The van der Waals surface area contributed by atoms with Gasteiger partial charge in [0.05, 0.1) is 24.4 Å². The van der Waals surface area contributed by atoms with Crippen molar-refractivity contribution in [1.29, 1.82) is 0 Å². The number of carbonyl (C=O) groups excluding carboxylic acids is 1. The van der Waals surface area contributed by atoms with Crippen LogP contribution in [0.3, 0.4) is 0 Å². The second kappa shape index (κ2) is 8.65. The van der Waals surface area contributed by atoms with E-state index in [1.807, 2.05) is 26.0 Å². The number of nitrogens with zero attached hydrogens (tertiary/aromatic N) is 2. The second-order valence-electron chi connectivity index (χ2n) is 6.91. The molecule has 0 saturated carbocycles. The minimum Gasteiger partial charge on any atom is -0.494 e. The van der Waals surface area contributed by atoms with Crippen LogP contribution < -0.4 is 15.7 Å². The first-order chi connectivity index (χ1) is 15.0. The fraction of sp³-hybridized carbons (Fsp3) is 0.174. The molecule has 2 aromatic heterocycles. The molecule has 0 aliphatic rings. The van der Waals surface area contributed by atoms with Gasteiger partial charge in [0, 0.05) is 28.6 Å². The Morgan fingerprint density at radius 3 is 2.71 bits per heavy atom. The van der Waals surface area contributed by atoms with E-state index in [0.717, 1.165) is 5.56 Å². The zero-order valence-electron chi connectivity index (χ0n) is 17.0. The summed E-state index contributed by atoms with van der Waals surface area (Å²) in [6.07, 6.45) is 1.61. The van der Waals surface area contributed by atoms with Crippen molar-refractivity contribution in [3.05, 3.63) is 87.4 Å². The van der Waals surface area contributed by atoms with Crippen LogP contribution >= 0.6 is 11.6 Å². The lowest BCUT2D eigenvalue weighted by Gasteiger charge is -2.17. The number of fused-ring (bicyclic) bond motifs is 1. The van der Waals surface area contributed by atoms with Gasteiger partial charge >= 0.3 is 5.63 Å². The summed E-state index contributed by atoms with van der Waals surface area (Å²) < 4.78 is 12.4. The van der Waals surface area contributed by atoms with E-state index in [1.165, 1.54) is 6.07 Å². The molecule has 0 saturated heterocycles. The van der Waals surface area contributed by atoms with Crippen molar-refractivity contribution in [1.82, 2.24) is 9.78 Å². The average Bonchev–Trinajstić information content (AvgIpc) is 3.21. The van der Waals surface area contributed by atoms with Gasteiger partial charge in [0.1, 0.15) is 17.2 Å². The highest BCUT2D eigenvalue weighted by molar-refractivity contribution is 6.30. The molecule has 31 heavy (non-hydrogen) atoms. The van der Waals surface area contributed by atoms with Gasteiger partial charge in [0.25, 0.3) is 5.91 Å². The maximum atomic E-state index is 13.1. The van der Waals surface area contributed by atoms with Gasteiger partial charge in [-0.3, -0.25) is 4.79 Å². The first-order valence-electron chi connectivity index (χ1n) is 9.77. The van der Waals surface area contributed by atoms with Crippen molar-refractivity contribution in [3.8, 4) is 5.75 Å². The van der Waals surface area contributed by atoms with Crippen LogP contribution in [0.2, 0.25) is 5.02 Å². The van der Waals surface area contributed by atoms with E-state index >= 15 is 0 Å². The topological polar surface area (TPSA) is 86.4 Å². The van der Waals surface area contributed by atoms with Gasteiger partial charge in [0.2, 0.25) is 0 Å². The number of hydrogen-bond acceptors (Lipinski definition) is 5. The fourth-order valence-electron chi connectivity index (χ4n) is 3.38. The lowest BCUT2D eigenvalue weighted by molar-refractivity contribution is 0.102. The largest absolute Gasteiger partial charge is 0.494 e. The van der Waals surface area contributed by atoms with Crippen LogP contribution in [0, 0.1) is 0 Å². The predicted molar refractivity (Wildman–Crippen MR) is 119 cm³/mol. The van der Waals surface area contributed by atoms with Crippen molar-refractivity contribution in [2.24, 2.45) is 0 Å². The molecule has 0 spiro atoms. The standard InChI is InChI=1S/C23H20ClN3O4/c1-3-30-17-8-9-18-19(13-22(28)31-20(18)12-17)23(29)26-21-10-11-25-27(21)14(2)15-4-6-16(24)7-5-15/h4-14H,3H2,1-2H3,(H,26,29).